The van der Waals surface area contributed by atoms with Gasteiger partial charge in [-0.25, -0.2) is 0 Å². The maximum absolute atomic E-state index is 11.4. The minimum absolute atomic E-state index is 0.0202. The van der Waals surface area contributed by atoms with E-state index < -0.39 is 0 Å². The topological polar surface area (TPSA) is 81.7 Å². The highest BCUT2D eigenvalue weighted by molar-refractivity contribution is 5.85. The van der Waals surface area contributed by atoms with Crippen LogP contribution < -0.4 is 5.32 Å². The number of nitrogens with one attached hydrogen (secondary N) is 1. The van der Waals surface area contributed by atoms with Crippen molar-refractivity contribution in [3.8, 4) is 0 Å². The molecule has 0 radical (unpaired) electrons. The van der Waals surface area contributed by atoms with Crippen molar-refractivity contribution in [2.24, 2.45) is 5.92 Å². The Bertz CT molecular complexity index is 315. The van der Waals surface area contributed by atoms with Gasteiger partial charge in [0, 0.05) is 25.3 Å². The molecule has 20 heavy (non-hydrogen) atoms. The number of hydrogen-bond donors (Lipinski definition) is 1. The molecule has 0 rings (SSSR count). The Morgan fingerprint density at radius 2 is 1.65 bits per heavy atom. The van der Waals surface area contributed by atoms with E-state index in [1.807, 2.05) is 13.8 Å². The van der Waals surface area contributed by atoms with E-state index in [0.29, 0.717) is 26.4 Å². The molecule has 0 heterocycles. The molecule has 0 bridgehead atoms. The Morgan fingerprint density at radius 3 is 2.25 bits per heavy atom. The zero-order valence-electron chi connectivity index (χ0n) is 12.6. The van der Waals surface area contributed by atoms with Crippen LogP contribution in [0.25, 0.3) is 0 Å². The quantitative estimate of drug-likeness (QED) is 0.535. The van der Waals surface area contributed by atoms with Crippen LogP contribution in [-0.2, 0) is 23.9 Å². The Kier molecular flexibility index (Phi) is 10.8. The van der Waals surface area contributed by atoms with Crippen LogP contribution in [0.4, 0.5) is 0 Å². The van der Waals surface area contributed by atoms with Gasteiger partial charge in [-0.3, -0.25) is 14.4 Å². The van der Waals surface area contributed by atoms with Gasteiger partial charge in [0.05, 0.1) is 19.8 Å². The van der Waals surface area contributed by atoms with Gasteiger partial charge in [0.2, 0.25) is 5.91 Å². The molecule has 6 heteroatoms. The summed E-state index contributed by atoms with van der Waals surface area (Å²) in [5.74, 6) is -0.0937. The first-order valence-corrected chi connectivity index (χ1v) is 6.87. The fraction of sp³-hybridized carbons (Fsp3) is 0.786. The average Bonchev–Trinajstić information content (AvgIpc) is 2.38. The third kappa shape index (κ3) is 11.8. The van der Waals surface area contributed by atoms with E-state index >= 15 is 0 Å². The second-order valence-electron chi connectivity index (χ2n) is 4.84. The molecule has 0 aromatic carbocycles. The van der Waals surface area contributed by atoms with Gasteiger partial charge in [-0.15, -0.1) is 0 Å². The molecule has 0 spiro atoms. The largest absolute Gasteiger partial charge is 0.377 e. The summed E-state index contributed by atoms with van der Waals surface area (Å²) in [6.45, 7) is 6.73. The van der Waals surface area contributed by atoms with Crippen LogP contribution >= 0.6 is 0 Å². The van der Waals surface area contributed by atoms with Crippen molar-refractivity contribution in [3.63, 3.8) is 0 Å². The Morgan fingerprint density at radius 1 is 1.00 bits per heavy atom. The molecule has 0 aromatic heterocycles. The summed E-state index contributed by atoms with van der Waals surface area (Å²) in [4.78, 5) is 33.3. The lowest BCUT2D eigenvalue weighted by atomic mass is 10.0. The summed E-state index contributed by atoms with van der Waals surface area (Å²) in [5, 5.41) is 2.67. The monoisotopic (exact) mass is 287 g/mol. The van der Waals surface area contributed by atoms with Crippen molar-refractivity contribution in [1.82, 2.24) is 5.32 Å². The molecule has 116 valence electrons. The number of Topliss-reactive ketones (excluding diaryl/α,β-unsaturated/α-hetero) is 2. The Hall–Kier alpha value is -1.27. The van der Waals surface area contributed by atoms with Gasteiger partial charge in [-0.05, 0) is 6.92 Å². The van der Waals surface area contributed by atoms with E-state index in [1.54, 1.807) is 0 Å². The summed E-state index contributed by atoms with van der Waals surface area (Å²) in [6.07, 6.45) is 0.502. The highest BCUT2D eigenvalue weighted by Crippen LogP contribution is 2.01. The Balaban J connectivity index is 3.35. The molecule has 0 saturated heterocycles. The van der Waals surface area contributed by atoms with Crippen LogP contribution in [0.3, 0.4) is 0 Å². The van der Waals surface area contributed by atoms with Crippen LogP contribution in [0.5, 0.6) is 0 Å². The smallest absolute Gasteiger partial charge is 0.220 e. The maximum atomic E-state index is 11.4. The summed E-state index contributed by atoms with van der Waals surface area (Å²) in [7, 11) is 0. The zero-order valence-corrected chi connectivity index (χ0v) is 12.6. The van der Waals surface area contributed by atoms with Crippen LogP contribution in [0.15, 0.2) is 0 Å². The van der Waals surface area contributed by atoms with Crippen molar-refractivity contribution in [2.75, 3.05) is 33.0 Å². The lowest BCUT2D eigenvalue weighted by Gasteiger charge is -2.07. The summed E-state index contributed by atoms with van der Waals surface area (Å²) < 4.78 is 10.2. The van der Waals surface area contributed by atoms with Gasteiger partial charge < -0.3 is 14.8 Å². The number of ketones is 2. The minimum Gasteiger partial charge on any atom is -0.377 e. The van der Waals surface area contributed by atoms with Gasteiger partial charge in [-0.1, -0.05) is 13.8 Å². The van der Waals surface area contributed by atoms with Crippen LogP contribution in [0.1, 0.15) is 33.6 Å². The van der Waals surface area contributed by atoms with Crippen LogP contribution in [0, 0.1) is 5.92 Å². The van der Waals surface area contributed by atoms with Crippen LogP contribution in [0.2, 0.25) is 0 Å². The van der Waals surface area contributed by atoms with E-state index in [2.05, 4.69) is 5.32 Å². The Labute approximate surface area is 120 Å². The van der Waals surface area contributed by atoms with Crippen molar-refractivity contribution < 1.29 is 23.9 Å². The van der Waals surface area contributed by atoms with Gasteiger partial charge >= 0.3 is 0 Å². The first-order valence-electron chi connectivity index (χ1n) is 6.87. The normalized spacial score (nSPS) is 10.6. The van der Waals surface area contributed by atoms with E-state index in [0.717, 1.165) is 0 Å². The molecule has 0 unspecified atom stereocenters. The molecule has 0 aromatic rings. The SMILES string of the molecule is CC(=O)COCCOCCNC(=O)CCC(=O)C(C)C. The van der Waals surface area contributed by atoms with E-state index in [1.165, 1.54) is 6.92 Å². The number of carbonyl (C=O) groups excluding carboxylic acids is 3. The molecule has 0 aliphatic rings. The molecular weight excluding hydrogens is 262 g/mol. The van der Waals surface area contributed by atoms with E-state index in [-0.39, 0.29) is 42.8 Å². The number of rotatable bonds is 12. The lowest BCUT2D eigenvalue weighted by molar-refractivity contribution is -0.127. The van der Waals surface area contributed by atoms with E-state index in [9.17, 15) is 14.4 Å². The van der Waals surface area contributed by atoms with Gasteiger partial charge in [0.1, 0.15) is 12.4 Å². The molecule has 1 N–H and O–H groups in total. The highest BCUT2D eigenvalue weighted by Gasteiger charge is 2.09. The second-order valence-corrected chi connectivity index (χ2v) is 4.84. The third-order valence-corrected chi connectivity index (χ3v) is 2.49. The molecule has 0 saturated carbocycles. The molecule has 0 aliphatic heterocycles. The molecule has 6 nitrogen and oxygen atoms in total. The van der Waals surface area contributed by atoms with E-state index in [4.69, 9.17) is 9.47 Å². The zero-order chi connectivity index (χ0) is 15.4. The first kappa shape index (κ1) is 18.7. The number of ether oxygens (including phenoxy) is 2. The predicted molar refractivity (Wildman–Crippen MR) is 74.4 cm³/mol. The minimum atomic E-state index is -0.143. The summed E-state index contributed by atoms with van der Waals surface area (Å²) in [6, 6.07) is 0. The first-order chi connectivity index (χ1) is 9.43. The van der Waals surface area contributed by atoms with Crippen molar-refractivity contribution in [1.29, 1.82) is 0 Å². The fourth-order valence-corrected chi connectivity index (χ4v) is 1.31. The summed E-state index contributed by atoms with van der Waals surface area (Å²) >= 11 is 0. The highest BCUT2D eigenvalue weighted by atomic mass is 16.5. The van der Waals surface area contributed by atoms with Crippen molar-refractivity contribution in [2.45, 2.75) is 33.6 Å². The van der Waals surface area contributed by atoms with Gasteiger partial charge in [0.25, 0.3) is 0 Å². The van der Waals surface area contributed by atoms with Gasteiger partial charge in [-0.2, -0.15) is 0 Å². The second kappa shape index (κ2) is 11.5. The standard InChI is InChI=1S/C14H25NO5/c1-11(2)13(17)4-5-14(18)15-6-7-19-8-9-20-10-12(3)16/h11H,4-10H2,1-3H3,(H,15,18). The van der Waals surface area contributed by atoms with Crippen molar-refractivity contribution >= 4 is 17.5 Å². The molecule has 0 atom stereocenters. The average molecular weight is 287 g/mol. The predicted octanol–water partition coefficient (Wildman–Crippen LogP) is 0.730. The molecular formula is C14H25NO5. The fourth-order valence-electron chi connectivity index (χ4n) is 1.31. The molecule has 1 amide bonds. The molecule has 0 aliphatic carbocycles. The van der Waals surface area contributed by atoms with Gasteiger partial charge in [0.15, 0.2) is 5.78 Å². The molecule has 0 fully saturated rings. The lowest BCUT2D eigenvalue weighted by Crippen LogP contribution is -2.28. The number of hydrogen-bond acceptors (Lipinski definition) is 5. The van der Waals surface area contributed by atoms with Crippen molar-refractivity contribution in [3.05, 3.63) is 0 Å². The van der Waals surface area contributed by atoms with Crippen LogP contribution in [-0.4, -0.2) is 50.4 Å². The maximum Gasteiger partial charge on any atom is 0.220 e. The summed E-state index contributed by atoms with van der Waals surface area (Å²) in [5.41, 5.74) is 0. The number of amides is 1. The number of carbonyl (C=O) groups is 3. The third-order valence-electron chi connectivity index (χ3n) is 2.49.